The van der Waals surface area contributed by atoms with E-state index in [1.54, 1.807) is 25.3 Å². The van der Waals surface area contributed by atoms with Crippen LogP contribution in [0.3, 0.4) is 0 Å². The number of halogens is 2. The van der Waals surface area contributed by atoms with Crippen LogP contribution in [-0.2, 0) is 4.79 Å². The Balaban J connectivity index is 1.99. The summed E-state index contributed by atoms with van der Waals surface area (Å²) in [5, 5.41) is 3.59. The highest BCUT2D eigenvalue weighted by Crippen LogP contribution is 2.31. The summed E-state index contributed by atoms with van der Waals surface area (Å²) in [7, 11) is 1.61. The summed E-state index contributed by atoms with van der Waals surface area (Å²) in [5.74, 6) is 0.452. The van der Waals surface area contributed by atoms with Gasteiger partial charge in [-0.25, -0.2) is 0 Å². The first-order valence-electron chi connectivity index (χ1n) is 8.25. The van der Waals surface area contributed by atoms with Crippen LogP contribution in [-0.4, -0.2) is 13.0 Å². The van der Waals surface area contributed by atoms with Crippen molar-refractivity contribution in [1.29, 1.82) is 0 Å². The maximum Gasteiger partial charge on any atom is 0.256 e. The molecule has 136 valence electrons. The van der Waals surface area contributed by atoms with Crippen molar-refractivity contribution in [3.63, 3.8) is 0 Å². The summed E-state index contributed by atoms with van der Waals surface area (Å²) in [6.07, 6.45) is 1.81. The molecule has 0 radical (unpaired) electrons. The highest BCUT2D eigenvalue weighted by Gasteiger charge is 2.15. The molecule has 0 spiro atoms. The number of carbonyl (C=O) groups is 1. The van der Waals surface area contributed by atoms with E-state index in [4.69, 9.17) is 27.9 Å². The smallest absolute Gasteiger partial charge is 0.256 e. The SMILES string of the molecule is COc1ccc(/C=C(/C(=O)Nc2c(Cl)cccc2Cl)c2ccccc2)cc1. The number of amides is 1. The number of benzene rings is 3. The minimum absolute atomic E-state index is 0.299. The molecule has 3 rings (SSSR count). The second-order valence-corrected chi connectivity index (χ2v) is 6.56. The van der Waals surface area contributed by atoms with Gasteiger partial charge in [-0.15, -0.1) is 0 Å². The summed E-state index contributed by atoms with van der Waals surface area (Å²) in [5.41, 5.74) is 2.54. The second-order valence-electron chi connectivity index (χ2n) is 5.75. The Morgan fingerprint density at radius 3 is 2.11 bits per heavy atom. The minimum Gasteiger partial charge on any atom is -0.497 e. The normalized spacial score (nSPS) is 11.1. The van der Waals surface area contributed by atoms with E-state index in [9.17, 15) is 4.79 Å². The lowest BCUT2D eigenvalue weighted by Gasteiger charge is -2.12. The van der Waals surface area contributed by atoms with E-state index in [0.29, 0.717) is 21.3 Å². The number of para-hydroxylation sites is 1. The summed E-state index contributed by atoms with van der Waals surface area (Å²) >= 11 is 12.4. The Morgan fingerprint density at radius 1 is 0.889 bits per heavy atom. The number of hydrogen-bond donors (Lipinski definition) is 1. The zero-order valence-corrected chi connectivity index (χ0v) is 16.1. The number of methoxy groups -OCH3 is 1. The van der Waals surface area contributed by atoms with E-state index in [1.807, 2.05) is 60.7 Å². The van der Waals surface area contributed by atoms with Gasteiger partial charge in [0.25, 0.3) is 5.91 Å². The molecule has 5 heteroatoms. The van der Waals surface area contributed by atoms with Crippen LogP contribution in [0.25, 0.3) is 11.6 Å². The number of hydrogen-bond acceptors (Lipinski definition) is 2. The summed E-state index contributed by atoms with van der Waals surface area (Å²) in [6.45, 7) is 0. The molecule has 3 aromatic carbocycles. The molecule has 0 saturated carbocycles. The molecule has 0 unspecified atom stereocenters. The lowest BCUT2D eigenvalue weighted by molar-refractivity contribution is -0.111. The first-order valence-corrected chi connectivity index (χ1v) is 9.00. The molecule has 0 aliphatic rings. The predicted molar refractivity (Wildman–Crippen MR) is 112 cm³/mol. The minimum atomic E-state index is -0.299. The molecule has 0 saturated heterocycles. The van der Waals surface area contributed by atoms with Crippen molar-refractivity contribution in [2.75, 3.05) is 12.4 Å². The lowest BCUT2D eigenvalue weighted by Crippen LogP contribution is -2.14. The maximum atomic E-state index is 13.0. The van der Waals surface area contributed by atoms with Crippen molar-refractivity contribution in [2.24, 2.45) is 0 Å². The number of carbonyl (C=O) groups excluding carboxylic acids is 1. The third kappa shape index (κ3) is 4.70. The molecule has 3 nitrogen and oxygen atoms in total. The van der Waals surface area contributed by atoms with Crippen LogP contribution in [0.1, 0.15) is 11.1 Å². The molecule has 3 aromatic rings. The molecule has 0 fully saturated rings. The van der Waals surface area contributed by atoms with Gasteiger partial charge in [0.1, 0.15) is 5.75 Å². The fourth-order valence-corrected chi connectivity index (χ4v) is 3.05. The van der Waals surface area contributed by atoms with E-state index in [1.165, 1.54) is 0 Å². The second kappa shape index (κ2) is 8.76. The first kappa shape index (κ1) is 19.0. The highest BCUT2D eigenvalue weighted by atomic mass is 35.5. The van der Waals surface area contributed by atoms with E-state index in [2.05, 4.69) is 5.32 Å². The monoisotopic (exact) mass is 397 g/mol. The Morgan fingerprint density at radius 2 is 1.52 bits per heavy atom. The number of nitrogens with one attached hydrogen (secondary N) is 1. The fraction of sp³-hybridized carbons (Fsp3) is 0.0455. The average Bonchev–Trinajstić information content (AvgIpc) is 2.70. The van der Waals surface area contributed by atoms with Gasteiger partial charge in [-0.05, 0) is 41.5 Å². The average molecular weight is 398 g/mol. The van der Waals surface area contributed by atoms with Crippen LogP contribution in [0.4, 0.5) is 5.69 Å². The number of anilines is 1. The molecular weight excluding hydrogens is 381 g/mol. The van der Waals surface area contributed by atoms with Crippen molar-refractivity contribution in [3.8, 4) is 5.75 Å². The van der Waals surface area contributed by atoms with E-state index in [-0.39, 0.29) is 5.91 Å². The molecule has 0 heterocycles. The van der Waals surface area contributed by atoms with Crippen LogP contribution in [0, 0.1) is 0 Å². The van der Waals surface area contributed by atoms with Crippen LogP contribution >= 0.6 is 23.2 Å². The van der Waals surface area contributed by atoms with Gasteiger partial charge < -0.3 is 10.1 Å². The topological polar surface area (TPSA) is 38.3 Å². The first-order chi connectivity index (χ1) is 13.1. The molecule has 1 amide bonds. The molecule has 0 bridgehead atoms. The lowest BCUT2D eigenvalue weighted by atomic mass is 10.0. The fourth-order valence-electron chi connectivity index (χ4n) is 2.56. The zero-order valence-electron chi connectivity index (χ0n) is 14.6. The van der Waals surface area contributed by atoms with E-state index >= 15 is 0 Å². The quantitative estimate of drug-likeness (QED) is 0.412. The third-order valence-corrected chi connectivity index (χ3v) is 4.59. The van der Waals surface area contributed by atoms with Crippen molar-refractivity contribution >= 4 is 46.4 Å². The molecule has 0 atom stereocenters. The van der Waals surface area contributed by atoms with Crippen LogP contribution < -0.4 is 10.1 Å². The van der Waals surface area contributed by atoms with Crippen LogP contribution in [0.15, 0.2) is 72.8 Å². The van der Waals surface area contributed by atoms with Gasteiger partial charge in [0.15, 0.2) is 0 Å². The van der Waals surface area contributed by atoms with E-state index < -0.39 is 0 Å². The zero-order chi connectivity index (χ0) is 19.2. The van der Waals surface area contributed by atoms with Crippen molar-refractivity contribution in [1.82, 2.24) is 0 Å². The molecular formula is C22H17Cl2NO2. The summed E-state index contributed by atoms with van der Waals surface area (Å²) in [6, 6.07) is 22.0. The predicted octanol–water partition coefficient (Wildman–Crippen LogP) is 6.18. The van der Waals surface area contributed by atoms with Crippen molar-refractivity contribution < 1.29 is 9.53 Å². The summed E-state index contributed by atoms with van der Waals surface area (Å²) < 4.78 is 5.18. The van der Waals surface area contributed by atoms with Crippen molar-refractivity contribution in [3.05, 3.63) is 94.0 Å². The Hall–Kier alpha value is -2.75. The molecule has 27 heavy (non-hydrogen) atoms. The third-order valence-electron chi connectivity index (χ3n) is 3.96. The molecule has 0 aliphatic heterocycles. The van der Waals surface area contributed by atoms with Gasteiger partial charge in [-0.3, -0.25) is 4.79 Å². The van der Waals surface area contributed by atoms with Crippen molar-refractivity contribution in [2.45, 2.75) is 0 Å². The van der Waals surface area contributed by atoms with Gasteiger partial charge in [-0.1, -0.05) is 71.7 Å². The standard InChI is InChI=1S/C22H17Cl2NO2/c1-27-17-12-10-15(11-13-17)14-18(16-6-3-2-4-7-16)22(26)25-21-19(23)8-5-9-20(21)24/h2-14H,1H3,(H,25,26)/b18-14+. The Kier molecular flexibility index (Phi) is 6.17. The number of rotatable bonds is 5. The van der Waals surface area contributed by atoms with Crippen LogP contribution in [0.5, 0.6) is 5.75 Å². The number of ether oxygens (including phenoxy) is 1. The molecule has 1 N–H and O–H groups in total. The van der Waals surface area contributed by atoms with Gasteiger partial charge >= 0.3 is 0 Å². The van der Waals surface area contributed by atoms with E-state index in [0.717, 1.165) is 16.9 Å². The highest BCUT2D eigenvalue weighted by molar-refractivity contribution is 6.41. The van der Waals surface area contributed by atoms with Crippen LogP contribution in [0.2, 0.25) is 10.0 Å². The maximum absolute atomic E-state index is 13.0. The summed E-state index contributed by atoms with van der Waals surface area (Å²) in [4.78, 5) is 13.0. The van der Waals surface area contributed by atoms with Gasteiger partial charge in [-0.2, -0.15) is 0 Å². The van der Waals surface area contributed by atoms with Gasteiger partial charge in [0.2, 0.25) is 0 Å². The van der Waals surface area contributed by atoms with Gasteiger partial charge in [0, 0.05) is 5.57 Å². The Bertz CT molecular complexity index is 947. The Labute approximate surface area is 168 Å². The largest absolute Gasteiger partial charge is 0.497 e. The molecule has 0 aromatic heterocycles. The molecule has 0 aliphatic carbocycles. The van der Waals surface area contributed by atoms with Gasteiger partial charge in [0.05, 0.1) is 22.8 Å².